The third-order valence-corrected chi connectivity index (χ3v) is 12.6. The standard InChI is InChI=1S/C49H44F3N7O5/c1-29-5-11-43(47(60)55-29)59-28-32-20-36(8-10-39(32)48(59)61)62-19-3-4-33-22-34(23-45(56-33)49(50,51)52)58-17-14-35(15-18-58)63-37-24-38(25-37)64-46-12-7-31(26-54-46)30-6-9-40-41-27-53-16-13-42(41)57(2)44(40)21-30/h6-10,12-13,16,20-23,26-27,35,37-38,43H,1,5,11,14-15,17-19,24-25,28H2,2H3,(H,55,60). The Morgan fingerprint density at radius 3 is 2.50 bits per heavy atom. The minimum Gasteiger partial charge on any atom is -0.481 e. The van der Waals surface area contributed by atoms with Gasteiger partial charge in [-0.3, -0.25) is 14.6 Å². The Kier molecular flexibility index (Phi) is 10.7. The number of nitrogens with zero attached hydrogens (tertiary/aromatic N) is 6. The highest BCUT2D eigenvalue weighted by atomic mass is 19.4. The molecule has 0 bridgehead atoms. The maximum Gasteiger partial charge on any atom is 0.433 e. The molecule has 4 aliphatic rings. The van der Waals surface area contributed by atoms with Crippen molar-refractivity contribution in [3.8, 4) is 34.6 Å². The highest BCUT2D eigenvalue weighted by Crippen LogP contribution is 2.36. The van der Waals surface area contributed by atoms with E-state index in [9.17, 15) is 22.8 Å². The zero-order valence-corrected chi connectivity index (χ0v) is 35.0. The molecule has 10 rings (SSSR count). The van der Waals surface area contributed by atoms with Crippen LogP contribution in [0.15, 0.2) is 97.6 Å². The number of carbonyl (C=O) groups is 2. The van der Waals surface area contributed by atoms with Gasteiger partial charge in [-0.2, -0.15) is 13.2 Å². The minimum atomic E-state index is -4.65. The monoisotopic (exact) mass is 867 g/mol. The third kappa shape index (κ3) is 8.21. The average Bonchev–Trinajstić information content (AvgIpc) is 3.76. The van der Waals surface area contributed by atoms with Crippen LogP contribution in [0.2, 0.25) is 0 Å². The van der Waals surface area contributed by atoms with Crippen LogP contribution in [0.4, 0.5) is 18.9 Å². The molecule has 0 radical (unpaired) electrons. The van der Waals surface area contributed by atoms with Crippen molar-refractivity contribution < 1.29 is 37.0 Å². The molecule has 3 fully saturated rings. The van der Waals surface area contributed by atoms with E-state index in [4.69, 9.17) is 14.2 Å². The molecule has 2 saturated heterocycles. The third-order valence-electron chi connectivity index (χ3n) is 12.6. The predicted octanol–water partition coefficient (Wildman–Crippen LogP) is 7.98. The number of piperidine rings is 2. The molecule has 4 aromatic heterocycles. The molecule has 326 valence electrons. The van der Waals surface area contributed by atoms with Crippen LogP contribution in [0.3, 0.4) is 0 Å². The molecule has 3 aliphatic heterocycles. The number of hydrogen-bond acceptors (Lipinski definition) is 9. The van der Waals surface area contributed by atoms with Crippen molar-refractivity contribution in [3.05, 3.63) is 120 Å². The van der Waals surface area contributed by atoms with Crippen molar-refractivity contribution in [2.75, 3.05) is 24.6 Å². The molecule has 2 aromatic carbocycles. The zero-order chi connectivity index (χ0) is 44.1. The van der Waals surface area contributed by atoms with Gasteiger partial charge in [-0.25, -0.2) is 9.97 Å². The Labute approximate surface area is 367 Å². The number of pyridine rings is 3. The molecule has 1 N–H and O–H groups in total. The van der Waals surface area contributed by atoms with Gasteiger partial charge < -0.3 is 33.9 Å². The Hall–Kier alpha value is -6.92. The zero-order valence-electron chi connectivity index (χ0n) is 35.0. The summed E-state index contributed by atoms with van der Waals surface area (Å²) in [5, 5.41) is 5.01. The first-order chi connectivity index (χ1) is 30.9. The van der Waals surface area contributed by atoms with Crippen LogP contribution >= 0.6 is 0 Å². The number of hydrogen-bond donors (Lipinski definition) is 1. The lowest BCUT2D eigenvalue weighted by Gasteiger charge is -2.40. The number of amides is 2. The molecule has 6 aromatic rings. The summed E-state index contributed by atoms with van der Waals surface area (Å²) in [4.78, 5) is 41.8. The van der Waals surface area contributed by atoms with E-state index >= 15 is 0 Å². The molecule has 12 nitrogen and oxygen atoms in total. The van der Waals surface area contributed by atoms with Crippen molar-refractivity contribution in [3.63, 3.8) is 0 Å². The van der Waals surface area contributed by atoms with Crippen molar-refractivity contribution >= 4 is 39.3 Å². The van der Waals surface area contributed by atoms with Crippen molar-refractivity contribution in [2.45, 2.75) is 75.6 Å². The summed E-state index contributed by atoms with van der Waals surface area (Å²) in [5.41, 5.74) is 5.55. The molecule has 1 saturated carbocycles. The smallest absolute Gasteiger partial charge is 0.433 e. The fraction of sp³-hybridized carbons (Fsp3) is 0.327. The van der Waals surface area contributed by atoms with E-state index in [1.165, 1.54) is 0 Å². The van der Waals surface area contributed by atoms with Gasteiger partial charge in [0, 0.05) is 103 Å². The Balaban J connectivity index is 0.700. The van der Waals surface area contributed by atoms with Gasteiger partial charge in [0.05, 0.1) is 17.7 Å². The highest BCUT2D eigenvalue weighted by molar-refractivity contribution is 6.08. The van der Waals surface area contributed by atoms with Crippen LogP contribution in [-0.2, 0) is 29.3 Å². The number of alkyl halides is 3. The lowest BCUT2D eigenvalue weighted by Crippen LogP contribution is -2.49. The number of allylic oxidation sites excluding steroid dienone is 1. The first-order valence-corrected chi connectivity index (χ1v) is 21.4. The summed E-state index contributed by atoms with van der Waals surface area (Å²) in [7, 11) is 2.06. The van der Waals surface area contributed by atoms with E-state index in [0.717, 1.165) is 57.4 Å². The minimum absolute atomic E-state index is 0.00412. The summed E-state index contributed by atoms with van der Waals surface area (Å²) >= 11 is 0. The summed E-state index contributed by atoms with van der Waals surface area (Å²) < 4.78 is 62.5. The quantitative estimate of drug-likeness (QED) is 0.144. The van der Waals surface area contributed by atoms with Gasteiger partial charge >= 0.3 is 6.18 Å². The number of carbonyl (C=O) groups excluding carboxylic acids is 2. The van der Waals surface area contributed by atoms with Gasteiger partial charge in [-0.15, -0.1) is 0 Å². The van der Waals surface area contributed by atoms with E-state index in [1.807, 2.05) is 41.7 Å². The molecule has 2 amide bonds. The Morgan fingerprint density at radius 2 is 1.72 bits per heavy atom. The molecule has 1 unspecified atom stereocenters. The number of anilines is 1. The van der Waals surface area contributed by atoms with Gasteiger partial charge in [0.25, 0.3) is 5.91 Å². The van der Waals surface area contributed by atoms with Crippen LogP contribution in [-0.4, -0.2) is 80.3 Å². The van der Waals surface area contributed by atoms with Crippen LogP contribution < -0.4 is 19.7 Å². The average molecular weight is 868 g/mol. The SMILES string of the molecule is C=C1CCC(N2Cc3cc(OCC#Cc4cc(N5CCC(OC6CC(Oc7ccc(-c8ccc9c%10cnccc%10n(C)c9c8)cn7)C6)CC5)cc(C(F)(F)F)n4)ccc3C2=O)C(=O)N1. The normalized spacial score (nSPS) is 20.2. The van der Waals surface area contributed by atoms with E-state index in [0.29, 0.717) is 67.4 Å². The van der Waals surface area contributed by atoms with E-state index in [2.05, 4.69) is 68.5 Å². The second-order valence-corrected chi connectivity index (χ2v) is 16.8. The second kappa shape index (κ2) is 16.7. The Bertz CT molecular complexity index is 2870. The number of rotatable bonds is 9. The van der Waals surface area contributed by atoms with Gasteiger partial charge in [0.15, 0.2) is 0 Å². The molecular weight excluding hydrogens is 824 g/mol. The van der Waals surface area contributed by atoms with Crippen molar-refractivity contribution in [2.24, 2.45) is 7.05 Å². The number of aryl methyl sites for hydroxylation is 1. The maximum absolute atomic E-state index is 14.0. The first kappa shape index (κ1) is 41.1. The predicted molar refractivity (Wildman–Crippen MR) is 233 cm³/mol. The lowest BCUT2D eigenvalue weighted by atomic mass is 9.91. The highest BCUT2D eigenvalue weighted by Gasteiger charge is 2.39. The summed E-state index contributed by atoms with van der Waals surface area (Å²) in [6.07, 6.45) is 4.83. The maximum atomic E-state index is 14.0. The molecule has 1 aliphatic carbocycles. The van der Waals surface area contributed by atoms with Gasteiger partial charge in [0.1, 0.15) is 35.9 Å². The number of benzene rings is 2. The van der Waals surface area contributed by atoms with E-state index < -0.39 is 17.9 Å². The number of aromatic nitrogens is 4. The Morgan fingerprint density at radius 1 is 0.891 bits per heavy atom. The number of fused-ring (bicyclic) bond motifs is 4. The molecule has 15 heteroatoms. The molecule has 64 heavy (non-hydrogen) atoms. The number of nitrogens with one attached hydrogen (secondary N) is 1. The van der Waals surface area contributed by atoms with Gasteiger partial charge in [-0.05, 0) is 91.3 Å². The van der Waals surface area contributed by atoms with Gasteiger partial charge in [-0.1, -0.05) is 24.6 Å². The van der Waals surface area contributed by atoms with Crippen LogP contribution in [0, 0.1) is 11.8 Å². The lowest BCUT2D eigenvalue weighted by molar-refractivity contribution is -0.141. The molecule has 7 heterocycles. The molecular formula is C49H44F3N7O5. The van der Waals surface area contributed by atoms with E-state index in [-0.39, 0.29) is 49.0 Å². The molecule has 1 atom stereocenters. The molecule has 0 spiro atoms. The van der Waals surface area contributed by atoms with Crippen molar-refractivity contribution in [1.29, 1.82) is 0 Å². The van der Waals surface area contributed by atoms with Crippen LogP contribution in [0.5, 0.6) is 11.6 Å². The second-order valence-electron chi connectivity index (χ2n) is 16.8. The fourth-order valence-electron chi connectivity index (χ4n) is 9.15. The number of ether oxygens (including phenoxy) is 3. The van der Waals surface area contributed by atoms with Crippen LogP contribution in [0.25, 0.3) is 32.9 Å². The number of halogens is 3. The van der Waals surface area contributed by atoms with Crippen LogP contribution in [0.1, 0.15) is 65.8 Å². The largest absolute Gasteiger partial charge is 0.481 e. The topological polar surface area (TPSA) is 124 Å². The van der Waals surface area contributed by atoms with Gasteiger partial charge in [0.2, 0.25) is 11.8 Å². The summed E-state index contributed by atoms with van der Waals surface area (Å²) in [6.45, 7) is 4.99. The summed E-state index contributed by atoms with van der Waals surface area (Å²) in [5.74, 6) is 6.08. The fourth-order valence-corrected chi connectivity index (χ4v) is 9.15. The first-order valence-electron chi connectivity index (χ1n) is 21.4. The van der Waals surface area contributed by atoms with E-state index in [1.54, 1.807) is 29.2 Å². The van der Waals surface area contributed by atoms with Crippen molar-refractivity contribution in [1.82, 2.24) is 29.7 Å². The summed E-state index contributed by atoms with van der Waals surface area (Å²) in [6, 6.07) is 19.4.